The van der Waals surface area contributed by atoms with Crippen molar-refractivity contribution in [2.24, 2.45) is 7.05 Å². The van der Waals surface area contributed by atoms with Gasteiger partial charge in [-0.2, -0.15) is 0 Å². The highest BCUT2D eigenvalue weighted by atomic mass is 127. The molecule has 128 valence electrons. The van der Waals surface area contributed by atoms with Crippen molar-refractivity contribution in [1.29, 1.82) is 0 Å². The predicted molar refractivity (Wildman–Crippen MR) is 110 cm³/mol. The highest BCUT2D eigenvalue weighted by molar-refractivity contribution is 14.1. The third kappa shape index (κ3) is 4.04. The summed E-state index contributed by atoms with van der Waals surface area (Å²) in [5.41, 5.74) is 2.34. The molecular formula is C18H16IN3O2S. The van der Waals surface area contributed by atoms with Crippen LogP contribution in [0.5, 0.6) is 0 Å². The van der Waals surface area contributed by atoms with Gasteiger partial charge in [0.25, 0.3) is 5.56 Å². The van der Waals surface area contributed by atoms with Gasteiger partial charge in [-0.3, -0.25) is 14.2 Å². The minimum atomic E-state index is -0.128. The third-order valence-electron chi connectivity index (χ3n) is 3.75. The molecule has 1 N–H and O–H groups in total. The summed E-state index contributed by atoms with van der Waals surface area (Å²) in [6.07, 6.45) is 0. The minimum Gasteiger partial charge on any atom is -0.325 e. The van der Waals surface area contributed by atoms with E-state index in [1.165, 1.54) is 16.3 Å². The molecule has 1 heterocycles. The van der Waals surface area contributed by atoms with E-state index in [1.54, 1.807) is 7.05 Å². The fraction of sp³-hybridized carbons (Fsp3) is 0.167. The highest BCUT2D eigenvalue weighted by Gasteiger charge is 2.12. The second kappa shape index (κ2) is 7.57. The number of thioether (sulfide) groups is 1. The number of hydrogen-bond acceptors (Lipinski definition) is 4. The summed E-state index contributed by atoms with van der Waals surface area (Å²) in [6, 6.07) is 13.2. The van der Waals surface area contributed by atoms with Crippen LogP contribution in [0.3, 0.4) is 0 Å². The van der Waals surface area contributed by atoms with E-state index < -0.39 is 0 Å². The molecule has 0 unspecified atom stereocenters. The molecule has 0 aliphatic carbocycles. The summed E-state index contributed by atoms with van der Waals surface area (Å²) in [7, 11) is 1.68. The zero-order valence-corrected chi connectivity index (χ0v) is 16.7. The van der Waals surface area contributed by atoms with Crippen LogP contribution in [0.2, 0.25) is 0 Å². The van der Waals surface area contributed by atoms with Gasteiger partial charge in [0.1, 0.15) is 0 Å². The van der Waals surface area contributed by atoms with E-state index in [1.807, 2.05) is 49.4 Å². The molecular weight excluding hydrogens is 449 g/mol. The average molecular weight is 465 g/mol. The van der Waals surface area contributed by atoms with E-state index in [2.05, 4.69) is 32.9 Å². The molecule has 3 rings (SSSR count). The van der Waals surface area contributed by atoms with Gasteiger partial charge in [0, 0.05) is 16.3 Å². The number of aromatic nitrogens is 2. The van der Waals surface area contributed by atoms with Crippen molar-refractivity contribution < 1.29 is 4.79 Å². The number of aryl methyl sites for hydroxylation is 1. The van der Waals surface area contributed by atoms with Gasteiger partial charge in [-0.25, -0.2) is 4.98 Å². The Morgan fingerprint density at radius 2 is 2.04 bits per heavy atom. The molecule has 1 amide bonds. The fourth-order valence-corrected chi connectivity index (χ4v) is 3.64. The second-order valence-electron chi connectivity index (χ2n) is 5.57. The lowest BCUT2D eigenvalue weighted by Gasteiger charge is -2.10. The van der Waals surface area contributed by atoms with Gasteiger partial charge in [-0.15, -0.1) is 0 Å². The number of fused-ring (bicyclic) bond motifs is 1. The Kier molecular flexibility index (Phi) is 5.43. The molecule has 2 aromatic carbocycles. The van der Waals surface area contributed by atoms with E-state index in [4.69, 9.17) is 0 Å². The SMILES string of the molecule is Cc1ccccc1NC(=O)CSc1nc2ccc(I)cc2c(=O)n1C. The maximum atomic E-state index is 12.5. The number of halogens is 1. The number of amides is 1. The Morgan fingerprint density at radius 3 is 2.80 bits per heavy atom. The molecule has 0 radical (unpaired) electrons. The van der Waals surface area contributed by atoms with Crippen LogP contribution in [0.25, 0.3) is 10.9 Å². The number of para-hydroxylation sites is 1. The van der Waals surface area contributed by atoms with Gasteiger partial charge in [-0.05, 0) is 59.3 Å². The number of nitrogens with one attached hydrogen (secondary N) is 1. The van der Waals surface area contributed by atoms with Crippen LogP contribution >= 0.6 is 34.4 Å². The summed E-state index contributed by atoms with van der Waals surface area (Å²) >= 11 is 3.42. The molecule has 0 spiro atoms. The zero-order chi connectivity index (χ0) is 18.0. The van der Waals surface area contributed by atoms with Crippen LogP contribution in [-0.2, 0) is 11.8 Å². The summed E-state index contributed by atoms with van der Waals surface area (Å²) < 4.78 is 2.48. The molecule has 0 aliphatic rings. The fourth-order valence-electron chi connectivity index (χ4n) is 2.38. The summed E-state index contributed by atoms with van der Waals surface area (Å²) in [5, 5.41) is 4.00. The number of nitrogens with zero attached hydrogens (tertiary/aromatic N) is 2. The standard InChI is InChI=1S/C18H16IN3O2S/c1-11-5-3-4-6-14(11)20-16(23)10-25-18-21-15-8-7-12(19)9-13(15)17(24)22(18)2/h3-9H,10H2,1-2H3,(H,20,23). The smallest absolute Gasteiger partial charge is 0.261 e. The van der Waals surface area contributed by atoms with E-state index >= 15 is 0 Å². The molecule has 3 aromatic rings. The van der Waals surface area contributed by atoms with Crippen LogP contribution in [0.4, 0.5) is 5.69 Å². The summed E-state index contributed by atoms with van der Waals surface area (Å²) in [6.45, 7) is 1.94. The molecule has 1 aromatic heterocycles. The Morgan fingerprint density at radius 1 is 1.28 bits per heavy atom. The Hall–Kier alpha value is -1.87. The van der Waals surface area contributed by atoms with Gasteiger partial charge in [0.2, 0.25) is 5.91 Å². The molecule has 0 saturated carbocycles. The third-order valence-corrected chi connectivity index (χ3v) is 5.45. The van der Waals surface area contributed by atoms with Crippen molar-refractivity contribution in [3.63, 3.8) is 0 Å². The van der Waals surface area contributed by atoms with Gasteiger partial charge in [0.15, 0.2) is 5.16 Å². The van der Waals surface area contributed by atoms with Gasteiger partial charge >= 0.3 is 0 Å². The van der Waals surface area contributed by atoms with Crippen molar-refractivity contribution in [3.05, 3.63) is 62.0 Å². The van der Waals surface area contributed by atoms with Crippen LogP contribution in [-0.4, -0.2) is 21.2 Å². The van der Waals surface area contributed by atoms with E-state index in [0.29, 0.717) is 16.1 Å². The molecule has 5 nitrogen and oxygen atoms in total. The molecule has 0 aliphatic heterocycles. The maximum Gasteiger partial charge on any atom is 0.261 e. The van der Waals surface area contributed by atoms with Crippen molar-refractivity contribution in [1.82, 2.24) is 9.55 Å². The van der Waals surface area contributed by atoms with Gasteiger partial charge in [-0.1, -0.05) is 30.0 Å². The first kappa shape index (κ1) is 17.9. The normalized spacial score (nSPS) is 10.8. The molecule has 0 saturated heterocycles. The Balaban J connectivity index is 1.78. The van der Waals surface area contributed by atoms with Crippen LogP contribution in [0.1, 0.15) is 5.56 Å². The Labute approximate surface area is 163 Å². The topological polar surface area (TPSA) is 64.0 Å². The van der Waals surface area contributed by atoms with Crippen LogP contribution in [0, 0.1) is 10.5 Å². The number of hydrogen-bond donors (Lipinski definition) is 1. The van der Waals surface area contributed by atoms with Gasteiger partial charge in [0.05, 0.1) is 16.7 Å². The quantitative estimate of drug-likeness (QED) is 0.364. The van der Waals surface area contributed by atoms with E-state index in [-0.39, 0.29) is 17.2 Å². The van der Waals surface area contributed by atoms with Crippen molar-refractivity contribution in [3.8, 4) is 0 Å². The first-order valence-electron chi connectivity index (χ1n) is 7.60. The second-order valence-corrected chi connectivity index (χ2v) is 7.76. The minimum absolute atomic E-state index is 0.106. The lowest BCUT2D eigenvalue weighted by molar-refractivity contribution is -0.113. The summed E-state index contributed by atoms with van der Waals surface area (Å²) in [5.74, 6) is 0.0565. The molecule has 0 bridgehead atoms. The first-order chi connectivity index (χ1) is 12.0. The maximum absolute atomic E-state index is 12.5. The Bertz CT molecular complexity index is 1020. The van der Waals surface area contributed by atoms with E-state index in [9.17, 15) is 9.59 Å². The largest absolute Gasteiger partial charge is 0.325 e. The van der Waals surface area contributed by atoms with Crippen molar-refractivity contribution >= 4 is 56.9 Å². The molecule has 25 heavy (non-hydrogen) atoms. The van der Waals surface area contributed by atoms with Crippen LogP contribution < -0.4 is 10.9 Å². The van der Waals surface area contributed by atoms with E-state index in [0.717, 1.165) is 14.8 Å². The van der Waals surface area contributed by atoms with Crippen LogP contribution in [0.15, 0.2) is 52.4 Å². The van der Waals surface area contributed by atoms with Gasteiger partial charge < -0.3 is 5.32 Å². The molecule has 7 heteroatoms. The monoisotopic (exact) mass is 465 g/mol. The lowest BCUT2D eigenvalue weighted by Crippen LogP contribution is -2.21. The van der Waals surface area contributed by atoms with Crippen molar-refractivity contribution in [2.45, 2.75) is 12.1 Å². The predicted octanol–water partition coefficient (Wildman–Crippen LogP) is 3.58. The number of anilines is 1. The lowest BCUT2D eigenvalue weighted by atomic mass is 10.2. The molecule has 0 atom stereocenters. The zero-order valence-electron chi connectivity index (χ0n) is 13.7. The number of rotatable bonds is 4. The van der Waals surface area contributed by atoms with Crippen molar-refractivity contribution in [2.75, 3.05) is 11.1 Å². The number of benzene rings is 2. The number of carbonyl (C=O) groups is 1. The average Bonchev–Trinajstić information content (AvgIpc) is 2.59. The number of carbonyl (C=O) groups excluding carboxylic acids is 1. The highest BCUT2D eigenvalue weighted by Crippen LogP contribution is 2.19. The summed E-state index contributed by atoms with van der Waals surface area (Å²) in [4.78, 5) is 29.2. The molecule has 0 fully saturated rings. The first-order valence-corrected chi connectivity index (χ1v) is 9.66.